The molecule has 0 bridgehead atoms. The van der Waals surface area contributed by atoms with Crippen LogP contribution in [0.2, 0.25) is 0 Å². The predicted molar refractivity (Wildman–Crippen MR) is 46.9 cm³/mol. The van der Waals surface area contributed by atoms with Crippen molar-refractivity contribution in [1.29, 1.82) is 0 Å². The fourth-order valence-corrected chi connectivity index (χ4v) is 1.83. The third-order valence-corrected chi connectivity index (χ3v) is 2.71. The maximum atomic E-state index is 10.8. The first-order chi connectivity index (χ1) is 5.65. The van der Waals surface area contributed by atoms with Crippen LogP contribution in [0.3, 0.4) is 0 Å². The molecule has 0 aromatic heterocycles. The van der Waals surface area contributed by atoms with E-state index >= 15 is 0 Å². The summed E-state index contributed by atoms with van der Waals surface area (Å²) in [6, 6.07) is 0.360. The molecule has 1 fully saturated rings. The van der Waals surface area contributed by atoms with E-state index in [1.165, 1.54) is 0 Å². The summed E-state index contributed by atoms with van der Waals surface area (Å²) in [5.74, 6) is 0.574. The van der Waals surface area contributed by atoms with Gasteiger partial charge in [0.05, 0.1) is 6.54 Å². The average molecular weight is 171 g/mol. The Morgan fingerprint density at radius 2 is 2.33 bits per heavy atom. The van der Waals surface area contributed by atoms with Crippen molar-refractivity contribution in [3.8, 4) is 0 Å². The second kappa shape index (κ2) is 4.01. The van der Waals surface area contributed by atoms with E-state index in [1.54, 1.807) is 6.92 Å². The summed E-state index contributed by atoms with van der Waals surface area (Å²) in [5, 5.41) is 8.98. The van der Waals surface area contributed by atoms with Gasteiger partial charge in [0, 0.05) is 12.6 Å². The molecule has 0 amide bonds. The van der Waals surface area contributed by atoms with Crippen molar-refractivity contribution in [3.05, 3.63) is 0 Å². The average Bonchev–Trinajstić information content (AvgIpc) is 2.32. The summed E-state index contributed by atoms with van der Waals surface area (Å²) in [5.41, 5.74) is 0. The zero-order chi connectivity index (χ0) is 9.14. The maximum Gasteiger partial charge on any atom is 0.143 e. The number of aliphatic hydroxyl groups is 1. The van der Waals surface area contributed by atoms with Crippen molar-refractivity contribution in [2.75, 3.05) is 19.7 Å². The molecule has 12 heavy (non-hydrogen) atoms. The number of Topliss-reactive ketones (excluding diaryl/α,β-unsaturated/α-hetero) is 1. The fourth-order valence-electron chi connectivity index (χ4n) is 1.83. The first-order valence-corrected chi connectivity index (χ1v) is 4.49. The number of likely N-dealkylation sites (tertiary alicyclic amines) is 1. The molecular weight excluding hydrogens is 154 g/mol. The third kappa shape index (κ3) is 2.05. The molecule has 1 heterocycles. The summed E-state index contributed by atoms with van der Waals surface area (Å²) >= 11 is 0. The van der Waals surface area contributed by atoms with Crippen LogP contribution < -0.4 is 0 Å². The lowest BCUT2D eigenvalue weighted by Gasteiger charge is -2.22. The second-order valence-corrected chi connectivity index (χ2v) is 3.64. The lowest BCUT2D eigenvalue weighted by molar-refractivity contribution is -0.118. The molecule has 0 radical (unpaired) electrons. The maximum absolute atomic E-state index is 10.8. The molecule has 0 saturated carbocycles. The molecule has 3 nitrogen and oxygen atoms in total. The Labute approximate surface area is 73.4 Å². The molecule has 3 heteroatoms. The van der Waals surface area contributed by atoms with Gasteiger partial charge in [-0.3, -0.25) is 9.69 Å². The van der Waals surface area contributed by atoms with Crippen molar-refractivity contribution >= 4 is 5.78 Å². The van der Waals surface area contributed by atoms with Gasteiger partial charge in [-0.05, 0) is 32.7 Å². The van der Waals surface area contributed by atoms with Crippen molar-refractivity contribution in [2.45, 2.75) is 26.3 Å². The second-order valence-electron chi connectivity index (χ2n) is 3.64. The molecule has 1 aliphatic heterocycles. The Hall–Kier alpha value is -0.410. The summed E-state index contributed by atoms with van der Waals surface area (Å²) in [6.45, 7) is 5.43. The van der Waals surface area contributed by atoms with E-state index in [4.69, 9.17) is 5.11 Å². The van der Waals surface area contributed by atoms with Crippen LogP contribution in [-0.2, 0) is 4.79 Å². The fraction of sp³-hybridized carbons (Fsp3) is 0.889. The van der Waals surface area contributed by atoms with Gasteiger partial charge in [-0.25, -0.2) is 0 Å². The van der Waals surface area contributed by atoms with Gasteiger partial charge >= 0.3 is 0 Å². The van der Waals surface area contributed by atoms with Crippen LogP contribution in [0.5, 0.6) is 0 Å². The molecule has 70 valence electrons. The molecule has 0 aliphatic carbocycles. The molecule has 2 atom stereocenters. The lowest BCUT2D eigenvalue weighted by Crippen LogP contribution is -2.34. The monoisotopic (exact) mass is 171 g/mol. The summed E-state index contributed by atoms with van der Waals surface area (Å²) < 4.78 is 0. The number of hydrogen-bond donors (Lipinski definition) is 1. The molecule has 0 aromatic rings. The van der Waals surface area contributed by atoms with Crippen LogP contribution in [0, 0.1) is 5.92 Å². The molecule has 1 rings (SSSR count). The molecule has 0 aromatic carbocycles. The van der Waals surface area contributed by atoms with Crippen LogP contribution >= 0.6 is 0 Å². The number of rotatable bonds is 3. The molecule has 2 unspecified atom stereocenters. The minimum Gasteiger partial charge on any atom is -0.396 e. The van der Waals surface area contributed by atoms with Gasteiger partial charge < -0.3 is 5.11 Å². The van der Waals surface area contributed by atoms with Crippen molar-refractivity contribution in [2.24, 2.45) is 5.92 Å². The van der Waals surface area contributed by atoms with E-state index in [1.807, 2.05) is 0 Å². The van der Waals surface area contributed by atoms with Crippen LogP contribution in [0.25, 0.3) is 0 Å². The molecule has 1 N–H and O–H groups in total. The van der Waals surface area contributed by atoms with Crippen LogP contribution in [0.4, 0.5) is 0 Å². The summed E-state index contributed by atoms with van der Waals surface area (Å²) in [4.78, 5) is 13.0. The van der Waals surface area contributed by atoms with E-state index in [-0.39, 0.29) is 12.4 Å². The summed E-state index contributed by atoms with van der Waals surface area (Å²) in [7, 11) is 0. The standard InChI is InChI=1S/C9H17NO2/c1-7(12)5-10-4-3-9(6-11)8(10)2/h8-9,11H,3-6H2,1-2H3. The third-order valence-electron chi connectivity index (χ3n) is 2.71. The first-order valence-electron chi connectivity index (χ1n) is 4.49. The molecule has 1 aliphatic rings. The van der Waals surface area contributed by atoms with Crippen LogP contribution in [-0.4, -0.2) is 41.5 Å². The Morgan fingerprint density at radius 3 is 2.75 bits per heavy atom. The number of carbonyl (C=O) groups excluding carboxylic acids is 1. The van der Waals surface area contributed by atoms with Gasteiger partial charge in [0.15, 0.2) is 0 Å². The number of nitrogens with zero attached hydrogens (tertiary/aromatic N) is 1. The Morgan fingerprint density at radius 1 is 1.67 bits per heavy atom. The highest BCUT2D eigenvalue weighted by Gasteiger charge is 2.30. The number of aliphatic hydroxyl groups excluding tert-OH is 1. The Kier molecular flexibility index (Phi) is 3.23. The minimum absolute atomic E-state index is 0.209. The van der Waals surface area contributed by atoms with E-state index in [9.17, 15) is 4.79 Å². The number of ketones is 1. The predicted octanol–water partition coefficient (Wildman–Crippen LogP) is 0.278. The highest BCUT2D eigenvalue weighted by Crippen LogP contribution is 2.22. The lowest BCUT2D eigenvalue weighted by atomic mass is 10.0. The molecule has 1 saturated heterocycles. The van der Waals surface area contributed by atoms with E-state index < -0.39 is 0 Å². The van der Waals surface area contributed by atoms with E-state index in [2.05, 4.69) is 11.8 Å². The van der Waals surface area contributed by atoms with Gasteiger partial charge in [-0.15, -0.1) is 0 Å². The first kappa shape index (κ1) is 9.68. The van der Waals surface area contributed by atoms with E-state index in [0.717, 1.165) is 13.0 Å². The Balaban J connectivity index is 2.43. The smallest absolute Gasteiger partial charge is 0.143 e. The van der Waals surface area contributed by atoms with Gasteiger partial charge in [-0.2, -0.15) is 0 Å². The van der Waals surface area contributed by atoms with Gasteiger partial charge in [0.1, 0.15) is 5.78 Å². The minimum atomic E-state index is 0.209. The topological polar surface area (TPSA) is 40.5 Å². The summed E-state index contributed by atoms with van der Waals surface area (Å²) in [6.07, 6.45) is 1.02. The van der Waals surface area contributed by atoms with Crippen molar-refractivity contribution in [3.63, 3.8) is 0 Å². The SMILES string of the molecule is CC(=O)CN1CCC(CO)C1C. The number of hydrogen-bond acceptors (Lipinski definition) is 3. The zero-order valence-corrected chi connectivity index (χ0v) is 7.79. The van der Waals surface area contributed by atoms with E-state index in [0.29, 0.717) is 18.5 Å². The highest BCUT2D eigenvalue weighted by molar-refractivity contribution is 5.77. The Bertz CT molecular complexity index is 170. The quantitative estimate of drug-likeness (QED) is 0.663. The molecule has 0 spiro atoms. The van der Waals surface area contributed by atoms with Gasteiger partial charge in [0.2, 0.25) is 0 Å². The largest absolute Gasteiger partial charge is 0.396 e. The van der Waals surface area contributed by atoms with Crippen molar-refractivity contribution < 1.29 is 9.90 Å². The van der Waals surface area contributed by atoms with Crippen LogP contribution in [0.1, 0.15) is 20.3 Å². The van der Waals surface area contributed by atoms with Crippen LogP contribution in [0.15, 0.2) is 0 Å². The highest BCUT2D eigenvalue weighted by atomic mass is 16.3. The number of carbonyl (C=O) groups is 1. The van der Waals surface area contributed by atoms with Gasteiger partial charge in [-0.1, -0.05) is 0 Å². The van der Waals surface area contributed by atoms with Gasteiger partial charge in [0.25, 0.3) is 0 Å². The normalized spacial score (nSPS) is 30.9. The van der Waals surface area contributed by atoms with Crippen molar-refractivity contribution in [1.82, 2.24) is 4.90 Å². The molecular formula is C9H17NO2. The zero-order valence-electron chi connectivity index (χ0n) is 7.79.